The van der Waals surface area contributed by atoms with Gasteiger partial charge in [-0.25, -0.2) is 9.78 Å². The third-order valence-corrected chi connectivity index (χ3v) is 8.65. The second-order valence-corrected chi connectivity index (χ2v) is 13.9. The summed E-state index contributed by atoms with van der Waals surface area (Å²) >= 11 is 0. The number of hydrogen-bond donors (Lipinski definition) is 2. The van der Waals surface area contributed by atoms with Gasteiger partial charge in [0.25, 0.3) is 5.56 Å². The van der Waals surface area contributed by atoms with E-state index in [1.807, 2.05) is 34.6 Å². The molecule has 5 rings (SSSR count). The topological polar surface area (TPSA) is 112 Å². The smallest absolute Gasteiger partial charge is 0.337 e. The molecule has 0 bridgehead atoms. The van der Waals surface area contributed by atoms with E-state index in [1.165, 1.54) is 11.1 Å². The summed E-state index contributed by atoms with van der Waals surface area (Å²) in [6, 6.07) is 8.07. The summed E-state index contributed by atoms with van der Waals surface area (Å²) in [5, 5.41) is 10.5. The van der Waals surface area contributed by atoms with Gasteiger partial charge < -0.3 is 24.6 Å². The van der Waals surface area contributed by atoms with Crippen LogP contribution >= 0.6 is 0 Å². The Morgan fingerprint density at radius 1 is 1.00 bits per heavy atom. The van der Waals surface area contributed by atoms with Crippen LogP contribution in [-0.2, 0) is 22.5 Å². The molecule has 9 nitrogen and oxygen atoms in total. The van der Waals surface area contributed by atoms with E-state index in [-0.39, 0.29) is 11.0 Å². The number of anilines is 2. The molecular weight excluding hydrogens is 542 g/mol. The Labute approximate surface area is 254 Å². The van der Waals surface area contributed by atoms with Crippen molar-refractivity contribution in [3.63, 3.8) is 0 Å². The lowest BCUT2D eigenvalue weighted by molar-refractivity contribution is -0.160. The van der Waals surface area contributed by atoms with Crippen molar-refractivity contribution in [1.82, 2.24) is 15.0 Å². The molecule has 4 heterocycles. The van der Waals surface area contributed by atoms with Crippen molar-refractivity contribution in [3.8, 4) is 11.1 Å². The van der Waals surface area contributed by atoms with E-state index >= 15 is 0 Å². The molecule has 0 saturated carbocycles. The van der Waals surface area contributed by atoms with Crippen molar-refractivity contribution in [3.05, 3.63) is 68.5 Å². The number of aromatic amines is 1. The fourth-order valence-electron chi connectivity index (χ4n) is 6.38. The second kappa shape index (κ2) is 11.4. The summed E-state index contributed by atoms with van der Waals surface area (Å²) in [6.07, 6.45) is 1.69. The predicted octanol–water partition coefficient (Wildman–Crippen LogP) is 5.89. The number of carboxylic acid groups (broad SMARTS) is 1. The maximum Gasteiger partial charge on any atom is 0.337 e. The maximum atomic E-state index is 12.8. The molecule has 2 aliphatic rings. The number of aliphatic carboxylic acids is 1. The molecule has 2 aromatic heterocycles. The number of ether oxygens (including phenoxy) is 1. The number of piperidine rings is 1. The molecule has 0 amide bonds. The summed E-state index contributed by atoms with van der Waals surface area (Å²) in [6.45, 7) is 19.1. The lowest BCUT2D eigenvalue weighted by Gasteiger charge is -2.41. The number of carboxylic acids is 1. The fourth-order valence-corrected chi connectivity index (χ4v) is 6.38. The van der Waals surface area contributed by atoms with Crippen LogP contribution in [0.3, 0.4) is 0 Å². The number of fused-ring (bicyclic) bond motifs is 1. The molecule has 2 N–H and O–H groups in total. The largest absolute Gasteiger partial charge is 0.479 e. The Kier molecular flexibility index (Phi) is 8.15. The number of nitrogens with one attached hydrogen (secondary N) is 1. The van der Waals surface area contributed by atoms with Crippen LogP contribution in [0.4, 0.5) is 11.5 Å². The predicted molar refractivity (Wildman–Crippen MR) is 170 cm³/mol. The van der Waals surface area contributed by atoms with Gasteiger partial charge >= 0.3 is 5.97 Å². The summed E-state index contributed by atoms with van der Waals surface area (Å²) in [7, 11) is 0. The highest BCUT2D eigenvalue weighted by Gasteiger charge is 2.36. The van der Waals surface area contributed by atoms with Crippen molar-refractivity contribution in [2.75, 3.05) is 29.4 Å². The van der Waals surface area contributed by atoms with Crippen molar-refractivity contribution in [1.29, 1.82) is 0 Å². The Morgan fingerprint density at radius 2 is 1.70 bits per heavy atom. The van der Waals surface area contributed by atoms with Gasteiger partial charge in [-0.1, -0.05) is 32.0 Å². The summed E-state index contributed by atoms with van der Waals surface area (Å²) in [5.41, 5.74) is 6.99. The Morgan fingerprint density at radius 3 is 2.33 bits per heavy atom. The fraction of sp³-hybridized carbons (Fsp3) is 0.529. The Bertz CT molecular complexity index is 1590. The van der Waals surface area contributed by atoms with Gasteiger partial charge in [0.15, 0.2) is 6.10 Å². The maximum absolute atomic E-state index is 12.8. The summed E-state index contributed by atoms with van der Waals surface area (Å²) in [5.74, 6) is 0.279. The van der Waals surface area contributed by atoms with Crippen molar-refractivity contribution in [2.45, 2.75) is 92.9 Å². The normalized spacial score (nSPS) is 17.5. The molecule has 1 atom stereocenters. The van der Waals surface area contributed by atoms with Gasteiger partial charge in [-0.15, -0.1) is 0 Å². The minimum Gasteiger partial charge on any atom is -0.479 e. The SMILES string of the molecule is Cc1nc(N2CCc3cc(-c4c(C)nc(C)c(C(OC(C)(C)C)C(=O)O)c4N4CCC(C)(C)CC4)ccc3C2)cc(=O)[nH]1. The second-order valence-electron chi connectivity index (χ2n) is 13.9. The van der Waals surface area contributed by atoms with Gasteiger partial charge in [0.05, 0.1) is 11.3 Å². The number of H-pyrrole nitrogens is 1. The lowest BCUT2D eigenvalue weighted by Crippen LogP contribution is -2.39. The highest BCUT2D eigenvalue weighted by Crippen LogP contribution is 2.45. The van der Waals surface area contributed by atoms with E-state index in [4.69, 9.17) is 9.72 Å². The van der Waals surface area contributed by atoms with Crippen LogP contribution in [0.1, 0.15) is 87.5 Å². The number of nitrogens with zero attached hydrogens (tertiary/aromatic N) is 4. The van der Waals surface area contributed by atoms with E-state index < -0.39 is 17.7 Å². The third kappa shape index (κ3) is 6.61. The average Bonchev–Trinajstić information content (AvgIpc) is 2.90. The number of hydrogen-bond acceptors (Lipinski definition) is 7. The first-order chi connectivity index (χ1) is 20.1. The van der Waals surface area contributed by atoms with Gasteiger partial charge in [-0.2, -0.15) is 0 Å². The van der Waals surface area contributed by atoms with Gasteiger partial charge in [-0.05, 0) is 82.9 Å². The van der Waals surface area contributed by atoms with Crippen LogP contribution in [0.15, 0.2) is 29.1 Å². The van der Waals surface area contributed by atoms with Crippen LogP contribution < -0.4 is 15.4 Å². The molecule has 0 aliphatic carbocycles. The Hall–Kier alpha value is -3.72. The molecule has 1 aromatic carbocycles. The molecule has 230 valence electrons. The zero-order valence-electron chi connectivity index (χ0n) is 26.8. The van der Waals surface area contributed by atoms with Crippen molar-refractivity contribution >= 4 is 17.5 Å². The standard InChI is InChI=1S/C34H45N5O4/c1-20-28(24-9-10-25-19-39(14-11-23(25)17-24)26-18-27(40)37-22(3)36-26)30(38-15-12-34(7,8)13-16-38)29(21(2)35-20)31(32(41)42)43-33(4,5)6/h9-10,17-18,31H,11-16,19H2,1-8H3,(H,41,42)(H,36,37,40). The van der Waals surface area contributed by atoms with Gasteiger partial charge in [0.2, 0.25) is 0 Å². The Balaban J connectivity index is 1.62. The first-order valence-electron chi connectivity index (χ1n) is 15.2. The van der Waals surface area contributed by atoms with Gasteiger partial charge in [-0.3, -0.25) is 9.78 Å². The van der Waals surface area contributed by atoms with Crippen LogP contribution in [0.25, 0.3) is 11.1 Å². The highest BCUT2D eigenvalue weighted by molar-refractivity contribution is 5.88. The molecule has 1 saturated heterocycles. The first kappa shape index (κ1) is 30.7. The van der Waals surface area contributed by atoms with Crippen LogP contribution in [0, 0.1) is 26.2 Å². The van der Waals surface area contributed by atoms with Crippen molar-refractivity contribution < 1.29 is 14.6 Å². The number of rotatable bonds is 6. The number of aryl methyl sites for hydroxylation is 3. The molecule has 1 unspecified atom stereocenters. The number of pyridine rings is 1. The molecule has 0 spiro atoms. The molecular formula is C34H45N5O4. The molecule has 1 fully saturated rings. The summed E-state index contributed by atoms with van der Waals surface area (Å²) in [4.78, 5) is 41.6. The molecule has 2 aliphatic heterocycles. The number of aromatic nitrogens is 3. The quantitative estimate of drug-likeness (QED) is 0.367. The van der Waals surface area contributed by atoms with Crippen LogP contribution in [0.5, 0.6) is 0 Å². The summed E-state index contributed by atoms with van der Waals surface area (Å²) < 4.78 is 6.23. The molecule has 9 heteroatoms. The zero-order valence-corrected chi connectivity index (χ0v) is 26.8. The van der Waals surface area contributed by atoms with Crippen LogP contribution in [0.2, 0.25) is 0 Å². The van der Waals surface area contributed by atoms with E-state index in [9.17, 15) is 14.7 Å². The molecule has 43 heavy (non-hydrogen) atoms. The third-order valence-electron chi connectivity index (χ3n) is 8.65. The van der Waals surface area contributed by atoms with Crippen LogP contribution in [-0.4, -0.2) is 51.3 Å². The molecule has 3 aromatic rings. The zero-order chi connectivity index (χ0) is 31.3. The van der Waals surface area contributed by atoms with Crippen molar-refractivity contribution in [2.24, 2.45) is 5.41 Å². The minimum atomic E-state index is -1.15. The van der Waals surface area contributed by atoms with E-state index in [2.05, 4.69) is 51.8 Å². The monoisotopic (exact) mass is 587 g/mol. The van der Waals surface area contributed by atoms with E-state index in [0.717, 1.165) is 61.4 Å². The van der Waals surface area contributed by atoms with E-state index in [0.29, 0.717) is 29.4 Å². The van der Waals surface area contributed by atoms with Gasteiger partial charge in [0, 0.05) is 54.8 Å². The minimum absolute atomic E-state index is 0.148. The average molecular weight is 588 g/mol. The van der Waals surface area contributed by atoms with E-state index in [1.54, 1.807) is 13.0 Å². The number of carbonyl (C=O) groups is 1. The highest BCUT2D eigenvalue weighted by atomic mass is 16.5. The lowest BCUT2D eigenvalue weighted by atomic mass is 9.81. The molecule has 0 radical (unpaired) electrons. The number of benzene rings is 1. The first-order valence-corrected chi connectivity index (χ1v) is 15.2. The van der Waals surface area contributed by atoms with Gasteiger partial charge in [0.1, 0.15) is 11.6 Å².